The molecule has 1 N–H and O–H groups in total. The topological polar surface area (TPSA) is 80.1 Å². The van der Waals surface area contributed by atoms with Gasteiger partial charge in [-0.15, -0.1) is 0 Å². The second-order valence-corrected chi connectivity index (χ2v) is 8.78. The van der Waals surface area contributed by atoms with Crippen LogP contribution in [0.5, 0.6) is 0 Å². The summed E-state index contributed by atoms with van der Waals surface area (Å²) in [7, 11) is 0. The summed E-state index contributed by atoms with van der Waals surface area (Å²) >= 11 is 0. The highest BCUT2D eigenvalue weighted by Crippen LogP contribution is 2.30. The Morgan fingerprint density at radius 3 is 2.65 bits per heavy atom. The number of aryl methyl sites for hydroxylation is 1. The second-order valence-electron chi connectivity index (χ2n) is 8.78. The largest absolute Gasteiger partial charge is 0.405 e. The van der Waals surface area contributed by atoms with E-state index in [4.69, 9.17) is 4.98 Å². The Morgan fingerprint density at radius 2 is 1.97 bits per heavy atom. The van der Waals surface area contributed by atoms with Gasteiger partial charge in [0.05, 0.1) is 22.8 Å². The molecule has 1 fully saturated rings. The summed E-state index contributed by atoms with van der Waals surface area (Å²) in [6.45, 7) is 4.71. The number of rotatable bonds is 5. The van der Waals surface area contributed by atoms with Crippen LogP contribution in [-0.4, -0.2) is 56.8 Å². The number of nitrogens with one attached hydrogen (secondary N) is 1. The van der Waals surface area contributed by atoms with Gasteiger partial charge in [-0.1, -0.05) is 24.3 Å². The number of amides is 2. The standard InChI is InChI=1S/C24H26F3N5O2/c1-14(2)32-21-18(12-29-32)17(11-19(30-21)16-8-5-4-7-15(16)3)23(34)31-10-6-9-20(31)22(33)28-13-24(25,26)27/h4-5,7-8,11-12,14,20H,6,9-10,13H2,1-3H3,(H,28,33). The van der Waals surface area contributed by atoms with E-state index in [1.165, 1.54) is 4.90 Å². The second kappa shape index (κ2) is 9.08. The van der Waals surface area contributed by atoms with Gasteiger partial charge in [-0.2, -0.15) is 18.3 Å². The van der Waals surface area contributed by atoms with Gasteiger partial charge in [-0.3, -0.25) is 9.59 Å². The molecule has 1 atom stereocenters. The zero-order chi connectivity index (χ0) is 24.6. The van der Waals surface area contributed by atoms with Crippen molar-refractivity contribution in [3.05, 3.63) is 47.7 Å². The minimum atomic E-state index is -4.52. The molecule has 4 rings (SSSR count). The first-order valence-electron chi connectivity index (χ1n) is 11.2. The number of carbonyl (C=O) groups excluding carboxylic acids is 2. The molecule has 1 aromatic carbocycles. The van der Waals surface area contributed by atoms with Gasteiger partial charge in [0.2, 0.25) is 5.91 Å². The Balaban J connectivity index is 1.76. The van der Waals surface area contributed by atoms with Crippen molar-refractivity contribution in [1.82, 2.24) is 25.0 Å². The van der Waals surface area contributed by atoms with E-state index in [2.05, 4.69) is 5.10 Å². The van der Waals surface area contributed by atoms with E-state index < -0.39 is 30.6 Å². The molecule has 3 aromatic rings. The van der Waals surface area contributed by atoms with Crippen LogP contribution in [0.25, 0.3) is 22.3 Å². The maximum Gasteiger partial charge on any atom is 0.405 e. The normalized spacial score (nSPS) is 16.4. The quantitative estimate of drug-likeness (QED) is 0.600. The minimum absolute atomic E-state index is 0.00671. The highest BCUT2D eigenvalue weighted by Gasteiger charge is 2.37. The predicted octanol–water partition coefficient (Wildman–Crippen LogP) is 4.27. The van der Waals surface area contributed by atoms with E-state index in [1.54, 1.807) is 16.9 Å². The van der Waals surface area contributed by atoms with Gasteiger partial charge in [0.25, 0.3) is 5.91 Å². The van der Waals surface area contributed by atoms with E-state index in [0.717, 1.165) is 11.1 Å². The van der Waals surface area contributed by atoms with Gasteiger partial charge in [0, 0.05) is 18.2 Å². The average Bonchev–Trinajstić information content (AvgIpc) is 3.43. The zero-order valence-corrected chi connectivity index (χ0v) is 19.2. The highest BCUT2D eigenvalue weighted by molar-refractivity contribution is 6.08. The van der Waals surface area contributed by atoms with Crippen LogP contribution >= 0.6 is 0 Å². The number of alkyl halides is 3. The molecule has 180 valence electrons. The molecule has 2 amide bonds. The van der Waals surface area contributed by atoms with Crippen molar-refractivity contribution >= 4 is 22.8 Å². The first kappa shape index (κ1) is 23.7. The molecule has 7 nitrogen and oxygen atoms in total. The highest BCUT2D eigenvalue weighted by atomic mass is 19.4. The summed E-state index contributed by atoms with van der Waals surface area (Å²) in [5.41, 5.74) is 3.29. The van der Waals surface area contributed by atoms with Crippen LogP contribution in [0.2, 0.25) is 0 Å². The van der Waals surface area contributed by atoms with Gasteiger partial charge in [0.15, 0.2) is 5.65 Å². The Bertz CT molecular complexity index is 1240. The molecule has 2 aromatic heterocycles. The first-order valence-corrected chi connectivity index (χ1v) is 11.2. The zero-order valence-electron chi connectivity index (χ0n) is 19.2. The fourth-order valence-electron chi connectivity index (χ4n) is 4.31. The summed E-state index contributed by atoms with van der Waals surface area (Å²) in [6, 6.07) is 8.38. The molecule has 0 saturated carbocycles. The van der Waals surface area contributed by atoms with Gasteiger partial charge in [-0.25, -0.2) is 9.67 Å². The van der Waals surface area contributed by atoms with Crippen LogP contribution in [-0.2, 0) is 4.79 Å². The van der Waals surface area contributed by atoms with Crippen LogP contribution in [0, 0.1) is 6.92 Å². The molecule has 1 aliphatic rings. The van der Waals surface area contributed by atoms with Crippen LogP contribution in [0.4, 0.5) is 13.2 Å². The van der Waals surface area contributed by atoms with Crippen LogP contribution in [0.1, 0.15) is 48.7 Å². The number of likely N-dealkylation sites (tertiary alicyclic amines) is 1. The smallest absolute Gasteiger partial charge is 0.345 e. The van der Waals surface area contributed by atoms with E-state index in [0.29, 0.717) is 35.1 Å². The number of fused-ring (bicyclic) bond motifs is 1. The minimum Gasteiger partial charge on any atom is -0.345 e. The summed E-state index contributed by atoms with van der Waals surface area (Å²) in [5.74, 6) is -1.22. The third kappa shape index (κ3) is 4.62. The molecular formula is C24H26F3N5O2. The molecule has 0 spiro atoms. The van der Waals surface area contributed by atoms with Crippen molar-refractivity contribution in [3.63, 3.8) is 0 Å². The first-order chi connectivity index (χ1) is 16.1. The molecular weight excluding hydrogens is 447 g/mol. The van der Waals surface area contributed by atoms with Gasteiger partial charge < -0.3 is 10.2 Å². The van der Waals surface area contributed by atoms with Gasteiger partial charge in [0.1, 0.15) is 12.6 Å². The van der Waals surface area contributed by atoms with E-state index in [1.807, 2.05) is 50.4 Å². The predicted molar refractivity (Wildman–Crippen MR) is 121 cm³/mol. The summed E-state index contributed by atoms with van der Waals surface area (Å²) < 4.78 is 39.5. The Morgan fingerprint density at radius 1 is 1.24 bits per heavy atom. The Kier molecular flexibility index (Phi) is 6.33. The number of aromatic nitrogens is 3. The molecule has 0 radical (unpaired) electrons. The van der Waals surface area contributed by atoms with Gasteiger partial charge >= 0.3 is 6.18 Å². The maximum absolute atomic E-state index is 13.7. The van der Waals surface area contributed by atoms with Crippen molar-refractivity contribution in [3.8, 4) is 11.3 Å². The molecule has 1 saturated heterocycles. The molecule has 3 heterocycles. The summed E-state index contributed by atoms with van der Waals surface area (Å²) in [6.07, 6.45) is -2.11. The average molecular weight is 473 g/mol. The van der Waals surface area contributed by atoms with E-state index in [-0.39, 0.29) is 12.6 Å². The van der Waals surface area contributed by atoms with Crippen LogP contribution in [0.15, 0.2) is 36.5 Å². The molecule has 10 heteroatoms. The van der Waals surface area contributed by atoms with Crippen LogP contribution in [0.3, 0.4) is 0 Å². The number of pyridine rings is 1. The Labute approximate surface area is 194 Å². The molecule has 0 bridgehead atoms. The summed E-state index contributed by atoms with van der Waals surface area (Å²) in [4.78, 5) is 32.3. The lowest BCUT2D eigenvalue weighted by Gasteiger charge is -2.25. The van der Waals surface area contributed by atoms with Crippen molar-refractivity contribution in [2.45, 2.75) is 51.9 Å². The number of benzene rings is 1. The van der Waals surface area contributed by atoms with Crippen molar-refractivity contribution < 1.29 is 22.8 Å². The van der Waals surface area contributed by atoms with Crippen molar-refractivity contribution in [2.75, 3.05) is 13.1 Å². The number of hydrogen-bond acceptors (Lipinski definition) is 4. The maximum atomic E-state index is 13.7. The van der Waals surface area contributed by atoms with Crippen molar-refractivity contribution in [2.24, 2.45) is 0 Å². The fourth-order valence-corrected chi connectivity index (χ4v) is 4.31. The fraction of sp³-hybridized carbons (Fsp3) is 0.417. The molecule has 34 heavy (non-hydrogen) atoms. The number of hydrogen-bond donors (Lipinski definition) is 1. The van der Waals surface area contributed by atoms with Crippen LogP contribution < -0.4 is 5.32 Å². The Hall–Kier alpha value is -3.43. The lowest BCUT2D eigenvalue weighted by atomic mass is 10.0. The lowest BCUT2D eigenvalue weighted by Crippen LogP contribution is -2.48. The number of halogens is 3. The summed E-state index contributed by atoms with van der Waals surface area (Å²) in [5, 5.41) is 6.87. The number of nitrogens with zero attached hydrogens (tertiary/aromatic N) is 4. The van der Waals surface area contributed by atoms with E-state index >= 15 is 0 Å². The SMILES string of the molecule is Cc1ccccc1-c1cc(C(=O)N2CCCC2C(=O)NCC(F)(F)F)c2cnn(C(C)C)c2n1. The molecule has 1 aliphatic heterocycles. The third-order valence-corrected chi connectivity index (χ3v) is 5.99. The monoisotopic (exact) mass is 473 g/mol. The van der Waals surface area contributed by atoms with Gasteiger partial charge in [-0.05, 0) is 45.2 Å². The molecule has 0 aliphatic carbocycles. The van der Waals surface area contributed by atoms with Crippen molar-refractivity contribution in [1.29, 1.82) is 0 Å². The third-order valence-electron chi connectivity index (χ3n) is 5.99. The molecule has 1 unspecified atom stereocenters. The lowest BCUT2D eigenvalue weighted by molar-refractivity contribution is -0.140. The van der Waals surface area contributed by atoms with E-state index in [9.17, 15) is 22.8 Å². The number of carbonyl (C=O) groups is 2.